The number of aliphatic hydroxyl groups excluding tert-OH is 1. The molecule has 2 rings (SSSR count). The molecule has 0 radical (unpaired) electrons. The highest BCUT2D eigenvalue weighted by atomic mass is 32.2. The van der Waals surface area contributed by atoms with Gasteiger partial charge in [-0.25, -0.2) is 0 Å². The van der Waals surface area contributed by atoms with Crippen LogP contribution in [0.3, 0.4) is 0 Å². The van der Waals surface area contributed by atoms with Crippen LogP contribution in [0.2, 0.25) is 0 Å². The fraction of sp³-hybridized carbons (Fsp3) is 0.583. The summed E-state index contributed by atoms with van der Waals surface area (Å²) in [6.45, 7) is 0. The van der Waals surface area contributed by atoms with E-state index in [1.54, 1.807) is 6.26 Å². The molecule has 2 unspecified atom stereocenters. The fourth-order valence-electron chi connectivity index (χ4n) is 2.29. The number of carbonyl (C=O) groups excluding carboxylic acids is 1. The van der Waals surface area contributed by atoms with Crippen molar-refractivity contribution in [2.45, 2.75) is 36.9 Å². The maximum absolute atomic E-state index is 12.5. The molecule has 1 amide bonds. The first-order valence-electron chi connectivity index (χ1n) is 5.85. The topological polar surface area (TPSA) is 40.5 Å². The van der Waals surface area contributed by atoms with Crippen LogP contribution in [0.4, 0.5) is 13.2 Å². The zero-order chi connectivity index (χ0) is 14.2. The molecule has 1 N–H and O–H groups in total. The molecule has 1 aliphatic carbocycles. The van der Waals surface area contributed by atoms with Gasteiger partial charge in [0.05, 0.1) is 5.25 Å². The molecule has 3 nitrogen and oxygen atoms in total. The summed E-state index contributed by atoms with van der Waals surface area (Å²) in [4.78, 5) is 13.2. The number of nitrogens with zero attached hydrogens (tertiary/aromatic N) is 1. The molecule has 2 aliphatic rings. The van der Waals surface area contributed by atoms with Gasteiger partial charge in [-0.3, -0.25) is 9.69 Å². The van der Waals surface area contributed by atoms with E-state index in [4.69, 9.17) is 0 Å². The van der Waals surface area contributed by atoms with E-state index >= 15 is 0 Å². The minimum atomic E-state index is -4.32. The number of likely N-dealkylation sites (tertiary alicyclic amines) is 1. The molecular formula is C12H14F3NO2S. The third-order valence-corrected chi connectivity index (χ3v) is 4.28. The summed E-state index contributed by atoms with van der Waals surface area (Å²) in [6.07, 6.45) is -0.927. The molecule has 7 heteroatoms. The first-order chi connectivity index (χ1) is 8.84. The number of aliphatic hydroxyl groups is 1. The number of thioether (sulfide) groups is 1. The average Bonchev–Trinajstić information content (AvgIpc) is 2.63. The van der Waals surface area contributed by atoms with E-state index in [1.807, 2.05) is 0 Å². The maximum atomic E-state index is 12.5. The van der Waals surface area contributed by atoms with E-state index in [0.29, 0.717) is 12.1 Å². The Hall–Kier alpha value is -0.950. The predicted molar refractivity (Wildman–Crippen MR) is 66.2 cm³/mol. The van der Waals surface area contributed by atoms with Crippen molar-refractivity contribution in [1.29, 1.82) is 0 Å². The molecule has 0 spiro atoms. The molecule has 1 aliphatic heterocycles. The van der Waals surface area contributed by atoms with Gasteiger partial charge in [0.25, 0.3) is 0 Å². The first-order valence-corrected chi connectivity index (χ1v) is 7.14. The van der Waals surface area contributed by atoms with Gasteiger partial charge in [0.15, 0.2) is 0 Å². The summed E-state index contributed by atoms with van der Waals surface area (Å²) >= 11 is 1.34. The van der Waals surface area contributed by atoms with Crippen molar-refractivity contribution >= 4 is 17.7 Å². The van der Waals surface area contributed by atoms with Gasteiger partial charge in [-0.2, -0.15) is 24.9 Å². The van der Waals surface area contributed by atoms with E-state index in [2.05, 4.69) is 0 Å². The number of amides is 1. The Morgan fingerprint density at radius 3 is 2.47 bits per heavy atom. The lowest BCUT2D eigenvalue weighted by Crippen LogP contribution is -2.34. The fourth-order valence-corrected chi connectivity index (χ4v) is 2.97. The molecule has 0 aromatic heterocycles. The van der Waals surface area contributed by atoms with Crippen LogP contribution < -0.4 is 0 Å². The van der Waals surface area contributed by atoms with Gasteiger partial charge in [0, 0.05) is 17.7 Å². The second kappa shape index (κ2) is 5.20. The predicted octanol–water partition coefficient (Wildman–Crippen LogP) is 2.44. The number of halogens is 3. The Kier molecular flexibility index (Phi) is 3.96. The van der Waals surface area contributed by atoms with Crippen LogP contribution in [-0.2, 0) is 4.79 Å². The molecule has 2 atom stereocenters. The van der Waals surface area contributed by atoms with Gasteiger partial charge in [0.1, 0.15) is 6.23 Å². The van der Waals surface area contributed by atoms with Gasteiger partial charge < -0.3 is 5.11 Å². The lowest BCUT2D eigenvalue weighted by Gasteiger charge is -2.26. The number of carbonyl (C=O) groups is 1. The third-order valence-electron chi connectivity index (χ3n) is 3.32. The normalized spacial score (nSPS) is 28.5. The van der Waals surface area contributed by atoms with E-state index in [9.17, 15) is 23.1 Å². The summed E-state index contributed by atoms with van der Waals surface area (Å²) in [7, 11) is 0. The van der Waals surface area contributed by atoms with Crippen molar-refractivity contribution in [2.75, 3.05) is 6.26 Å². The lowest BCUT2D eigenvalue weighted by atomic mass is 10.0. The van der Waals surface area contributed by atoms with E-state index in [-0.39, 0.29) is 24.0 Å². The minimum Gasteiger partial charge on any atom is -0.373 e. The van der Waals surface area contributed by atoms with Crippen LogP contribution >= 0.6 is 11.8 Å². The Morgan fingerprint density at radius 1 is 1.37 bits per heavy atom. The number of hydrogen-bond donors (Lipinski definition) is 1. The Bertz CT molecular complexity index is 445. The van der Waals surface area contributed by atoms with Crippen molar-refractivity contribution < 1.29 is 23.1 Å². The monoisotopic (exact) mass is 293 g/mol. The highest BCUT2D eigenvalue weighted by Gasteiger charge is 2.41. The quantitative estimate of drug-likeness (QED) is 0.850. The smallest absolute Gasteiger partial charge is 0.373 e. The van der Waals surface area contributed by atoms with Crippen molar-refractivity contribution in [3.8, 4) is 0 Å². The van der Waals surface area contributed by atoms with Crippen LogP contribution in [-0.4, -0.2) is 39.8 Å². The van der Waals surface area contributed by atoms with Gasteiger partial charge in [0.2, 0.25) is 5.91 Å². The number of rotatable bonds is 2. The second-order valence-electron chi connectivity index (χ2n) is 4.50. The molecule has 19 heavy (non-hydrogen) atoms. The third kappa shape index (κ3) is 2.81. The van der Waals surface area contributed by atoms with Crippen molar-refractivity contribution in [3.05, 3.63) is 23.4 Å². The Labute approximate surface area is 113 Å². The SMILES string of the molecule is CSC1CC(O)N(C2=CC=C(C(F)(F)F)CC2)C1=O. The zero-order valence-corrected chi connectivity index (χ0v) is 11.1. The maximum Gasteiger partial charge on any atom is 0.412 e. The van der Waals surface area contributed by atoms with Crippen LogP contribution in [0.15, 0.2) is 23.4 Å². The number of alkyl halides is 3. The van der Waals surface area contributed by atoms with Gasteiger partial charge >= 0.3 is 6.18 Å². The summed E-state index contributed by atoms with van der Waals surface area (Å²) < 4.78 is 37.5. The molecule has 0 saturated carbocycles. The highest BCUT2D eigenvalue weighted by Crippen LogP contribution is 2.36. The van der Waals surface area contributed by atoms with E-state index < -0.39 is 18.0 Å². The summed E-state index contributed by atoms with van der Waals surface area (Å²) in [5.74, 6) is -0.227. The van der Waals surface area contributed by atoms with Gasteiger partial charge in [-0.05, 0) is 25.2 Å². The Balaban J connectivity index is 2.18. The van der Waals surface area contributed by atoms with E-state index in [1.165, 1.54) is 22.7 Å². The first kappa shape index (κ1) is 14.5. The Morgan fingerprint density at radius 2 is 2.05 bits per heavy atom. The van der Waals surface area contributed by atoms with Crippen molar-refractivity contribution in [2.24, 2.45) is 0 Å². The van der Waals surface area contributed by atoms with Crippen LogP contribution in [0, 0.1) is 0 Å². The van der Waals surface area contributed by atoms with Crippen molar-refractivity contribution in [1.82, 2.24) is 4.90 Å². The van der Waals surface area contributed by atoms with Crippen LogP contribution in [0.5, 0.6) is 0 Å². The molecule has 0 aromatic rings. The van der Waals surface area contributed by atoms with Gasteiger partial charge in [-0.1, -0.05) is 6.08 Å². The van der Waals surface area contributed by atoms with Crippen LogP contribution in [0.25, 0.3) is 0 Å². The molecule has 106 valence electrons. The van der Waals surface area contributed by atoms with Crippen LogP contribution in [0.1, 0.15) is 19.3 Å². The average molecular weight is 293 g/mol. The number of allylic oxidation sites excluding steroid dienone is 4. The summed E-state index contributed by atoms with van der Waals surface area (Å²) in [5, 5.41) is 9.53. The van der Waals surface area contributed by atoms with Gasteiger partial charge in [-0.15, -0.1) is 0 Å². The highest BCUT2D eigenvalue weighted by molar-refractivity contribution is 7.99. The molecular weight excluding hydrogens is 279 g/mol. The molecule has 1 saturated heterocycles. The minimum absolute atomic E-state index is 0.120. The molecule has 0 bridgehead atoms. The number of hydrogen-bond acceptors (Lipinski definition) is 3. The van der Waals surface area contributed by atoms with E-state index in [0.717, 1.165) is 6.08 Å². The lowest BCUT2D eigenvalue weighted by molar-refractivity contribution is -0.130. The largest absolute Gasteiger partial charge is 0.412 e. The van der Waals surface area contributed by atoms with Crippen molar-refractivity contribution in [3.63, 3.8) is 0 Å². The summed E-state index contributed by atoms with van der Waals surface area (Å²) in [6, 6.07) is 0. The molecule has 0 aromatic carbocycles. The molecule has 1 fully saturated rings. The standard InChI is InChI=1S/C12H14F3NO2S/c1-19-9-6-10(17)16(11(9)18)8-4-2-7(3-5-8)12(13,14)15/h2,4,9-10,17H,3,5-6H2,1H3. The molecule has 1 heterocycles. The zero-order valence-electron chi connectivity index (χ0n) is 10.3. The second-order valence-corrected chi connectivity index (χ2v) is 5.54. The summed E-state index contributed by atoms with van der Waals surface area (Å²) in [5.41, 5.74) is -0.138.